The van der Waals surface area contributed by atoms with E-state index in [1.165, 1.54) is 0 Å². The van der Waals surface area contributed by atoms with E-state index < -0.39 is 11.5 Å². The first kappa shape index (κ1) is 11.5. The molecule has 1 rings (SSSR count). The molecule has 4 nitrogen and oxygen atoms in total. The number of nitrogens with two attached hydrogens (primary N) is 2. The summed E-state index contributed by atoms with van der Waals surface area (Å²) in [6.45, 7) is 3.44. The molecule has 0 bridgehead atoms. The molecule has 0 heterocycles. The summed E-state index contributed by atoms with van der Waals surface area (Å²) in [5.41, 5.74) is 11.7. The smallest absolute Gasteiger partial charge is 0.325 e. The van der Waals surface area contributed by atoms with Crippen molar-refractivity contribution in [1.82, 2.24) is 0 Å². The molecule has 0 aliphatic heterocycles. The Balaban J connectivity index is 2.51. The van der Waals surface area contributed by atoms with Gasteiger partial charge >= 0.3 is 5.97 Å². The highest BCUT2D eigenvalue weighted by Crippen LogP contribution is 2.08. The topological polar surface area (TPSA) is 78.3 Å². The van der Waals surface area contributed by atoms with E-state index in [-0.39, 0.29) is 6.61 Å². The normalized spacial score (nSPS) is 11.1. The molecule has 0 saturated carbocycles. The van der Waals surface area contributed by atoms with Crippen LogP contribution in [0.3, 0.4) is 0 Å². The van der Waals surface area contributed by atoms with Gasteiger partial charge in [-0.1, -0.05) is 12.1 Å². The maximum Gasteiger partial charge on any atom is 0.325 e. The zero-order valence-corrected chi connectivity index (χ0v) is 8.99. The SMILES string of the molecule is CC(C)(N)C(=O)OCc1ccc(N)cc1. The number of carbonyl (C=O) groups is 1. The van der Waals surface area contributed by atoms with Crippen LogP contribution in [0.1, 0.15) is 19.4 Å². The third-order valence-corrected chi connectivity index (χ3v) is 1.88. The largest absolute Gasteiger partial charge is 0.459 e. The number of nitrogen functional groups attached to an aromatic ring is 1. The molecular formula is C11H16N2O2. The molecule has 0 saturated heterocycles. The van der Waals surface area contributed by atoms with Crippen LogP contribution in [0.25, 0.3) is 0 Å². The molecule has 0 atom stereocenters. The maximum atomic E-state index is 11.3. The highest BCUT2D eigenvalue weighted by atomic mass is 16.5. The summed E-state index contributed by atoms with van der Waals surface area (Å²) < 4.78 is 5.03. The van der Waals surface area contributed by atoms with E-state index in [1.54, 1.807) is 26.0 Å². The molecule has 15 heavy (non-hydrogen) atoms. The second kappa shape index (κ2) is 4.31. The Hall–Kier alpha value is -1.55. The number of carbonyl (C=O) groups excluding carboxylic acids is 1. The zero-order chi connectivity index (χ0) is 11.5. The first-order chi connectivity index (χ1) is 6.89. The summed E-state index contributed by atoms with van der Waals surface area (Å²) in [6.07, 6.45) is 0. The van der Waals surface area contributed by atoms with Crippen LogP contribution >= 0.6 is 0 Å². The van der Waals surface area contributed by atoms with Crippen LogP contribution in [0, 0.1) is 0 Å². The lowest BCUT2D eigenvalue weighted by molar-refractivity contribution is -0.150. The number of hydrogen-bond donors (Lipinski definition) is 2. The van der Waals surface area contributed by atoms with Gasteiger partial charge in [0.2, 0.25) is 0 Å². The van der Waals surface area contributed by atoms with Crippen molar-refractivity contribution in [2.45, 2.75) is 26.0 Å². The number of benzene rings is 1. The molecule has 0 radical (unpaired) electrons. The lowest BCUT2D eigenvalue weighted by Crippen LogP contribution is -2.42. The Bertz CT molecular complexity index is 339. The monoisotopic (exact) mass is 208 g/mol. The third kappa shape index (κ3) is 3.59. The Morgan fingerprint density at radius 2 is 1.87 bits per heavy atom. The zero-order valence-electron chi connectivity index (χ0n) is 8.99. The molecule has 4 N–H and O–H groups in total. The average molecular weight is 208 g/mol. The van der Waals surface area contributed by atoms with Crippen molar-refractivity contribution >= 4 is 11.7 Å². The number of rotatable bonds is 3. The Kier molecular flexibility index (Phi) is 3.31. The van der Waals surface area contributed by atoms with E-state index in [4.69, 9.17) is 16.2 Å². The minimum absolute atomic E-state index is 0.222. The average Bonchev–Trinajstić information content (AvgIpc) is 2.15. The first-order valence-electron chi connectivity index (χ1n) is 4.70. The minimum Gasteiger partial charge on any atom is -0.459 e. The van der Waals surface area contributed by atoms with Gasteiger partial charge in [-0.2, -0.15) is 0 Å². The van der Waals surface area contributed by atoms with Crippen LogP contribution in [-0.2, 0) is 16.1 Å². The Morgan fingerprint density at radius 3 is 2.33 bits per heavy atom. The van der Waals surface area contributed by atoms with Crippen LogP contribution < -0.4 is 11.5 Å². The van der Waals surface area contributed by atoms with Crippen LogP contribution in [0.15, 0.2) is 24.3 Å². The lowest BCUT2D eigenvalue weighted by Gasteiger charge is -2.16. The van der Waals surface area contributed by atoms with Crippen LogP contribution in [0.4, 0.5) is 5.69 Å². The summed E-state index contributed by atoms with van der Waals surface area (Å²) in [7, 11) is 0. The fourth-order valence-electron chi connectivity index (χ4n) is 0.949. The second-order valence-electron chi connectivity index (χ2n) is 4.04. The van der Waals surface area contributed by atoms with Gasteiger partial charge in [-0.25, -0.2) is 0 Å². The molecule has 0 aliphatic carbocycles. The van der Waals surface area contributed by atoms with Crippen LogP contribution in [-0.4, -0.2) is 11.5 Å². The van der Waals surface area contributed by atoms with Gasteiger partial charge in [0, 0.05) is 5.69 Å². The molecule has 4 heteroatoms. The summed E-state index contributed by atoms with van der Waals surface area (Å²) in [5.74, 6) is -0.417. The fraction of sp³-hybridized carbons (Fsp3) is 0.364. The van der Waals surface area contributed by atoms with Gasteiger partial charge in [0.1, 0.15) is 12.1 Å². The molecule has 1 aromatic rings. The standard InChI is InChI=1S/C11H16N2O2/c1-11(2,13)10(14)15-7-8-3-5-9(12)6-4-8/h3-6H,7,12-13H2,1-2H3. The van der Waals surface area contributed by atoms with Crippen molar-refractivity contribution in [1.29, 1.82) is 0 Å². The molecule has 82 valence electrons. The van der Waals surface area contributed by atoms with E-state index in [0.717, 1.165) is 5.56 Å². The van der Waals surface area contributed by atoms with Crippen molar-refractivity contribution in [2.75, 3.05) is 5.73 Å². The van der Waals surface area contributed by atoms with Gasteiger partial charge in [-0.05, 0) is 31.5 Å². The lowest BCUT2D eigenvalue weighted by atomic mass is 10.1. The molecule has 0 spiro atoms. The van der Waals surface area contributed by atoms with E-state index in [0.29, 0.717) is 5.69 Å². The summed E-state index contributed by atoms with van der Waals surface area (Å²) in [6, 6.07) is 7.14. The Morgan fingerprint density at radius 1 is 1.33 bits per heavy atom. The number of ether oxygens (including phenoxy) is 1. The van der Waals surface area contributed by atoms with Gasteiger partial charge in [-0.15, -0.1) is 0 Å². The highest BCUT2D eigenvalue weighted by Gasteiger charge is 2.23. The highest BCUT2D eigenvalue weighted by molar-refractivity contribution is 5.79. The van der Waals surface area contributed by atoms with Gasteiger partial charge in [0.25, 0.3) is 0 Å². The summed E-state index contributed by atoms with van der Waals surface area (Å²) in [4.78, 5) is 11.3. The number of anilines is 1. The van der Waals surface area contributed by atoms with Crippen LogP contribution in [0.2, 0.25) is 0 Å². The van der Waals surface area contributed by atoms with Gasteiger partial charge in [0.05, 0.1) is 0 Å². The first-order valence-corrected chi connectivity index (χ1v) is 4.70. The molecule has 0 aliphatic rings. The van der Waals surface area contributed by atoms with E-state index in [9.17, 15) is 4.79 Å². The van der Waals surface area contributed by atoms with Crippen LogP contribution in [0.5, 0.6) is 0 Å². The van der Waals surface area contributed by atoms with Gasteiger partial charge in [-0.3, -0.25) is 4.79 Å². The Labute approximate surface area is 89.2 Å². The maximum absolute atomic E-state index is 11.3. The van der Waals surface area contributed by atoms with Crippen molar-refractivity contribution in [3.63, 3.8) is 0 Å². The molecule has 1 aromatic carbocycles. The van der Waals surface area contributed by atoms with Gasteiger partial charge < -0.3 is 16.2 Å². The summed E-state index contributed by atoms with van der Waals surface area (Å²) >= 11 is 0. The van der Waals surface area contributed by atoms with Crippen molar-refractivity contribution < 1.29 is 9.53 Å². The molecule has 0 unspecified atom stereocenters. The number of esters is 1. The second-order valence-corrected chi connectivity index (χ2v) is 4.04. The quantitative estimate of drug-likeness (QED) is 0.575. The minimum atomic E-state index is -0.951. The molecule has 0 fully saturated rings. The van der Waals surface area contributed by atoms with E-state index >= 15 is 0 Å². The predicted octanol–water partition coefficient (Wildman–Crippen LogP) is 1.05. The summed E-state index contributed by atoms with van der Waals surface area (Å²) in [5, 5.41) is 0. The fourth-order valence-corrected chi connectivity index (χ4v) is 0.949. The van der Waals surface area contributed by atoms with E-state index in [2.05, 4.69) is 0 Å². The predicted molar refractivity (Wildman–Crippen MR) is 58.9 cm³/mol. The van der Waals surface area contributed by atoms with Gasteiger partial charge in [0.15, 0.2) is 0 Å². The molecule has 0 amide bonds. The number of hydrogen-bond acceptors (Lipinski definition) is 4. The third-order valence-electron chi connectivity index (χ3n) is 1.88. The molecule has 0 aromatic heterocycles. The van der Waals surface area contributed by atoms with Crippen molar-refractivity contribution in [3.05, 3.63) is 29.8 Å². The van der Waals surface area contributed by atoms with Crippen molar-refractivity contribution in [3.8, 4) is 0 Å². The van der Waals surface area contributed by atoms with Crippen molar-refractivity contribution in [2.24, 2.45) is 5.73 Å². The molecular weight excluding hydrogens is 192 g/mol. The van der Waals surface area contributed by atoms with E-state index in [1.807, 2.05) is 12.1 Å².